The molecule has 0 radical (unpaired) electrons. The second-order valence-corrected chi connectivity index (χ2v) is 5.53. The first kappa shape index (κ1) is 16.0. The molecule has 6 heteroatoms. The molecule has 0 atom stereocenters. The maximum absolute atomic E-state index is 12.4. The lowest BCUT2D eigenvalue weighted by atomic mass is 10.1. The first-order chi connectivity index (χ1) is 11.7. The summed E-state index contributed by atoms with van der Waals surface area (Å²) in [6.45, 7) is 4.00. The number of anilines is 1. The van der Waals surface area contributed by atoms with Gasteiger partial charge in [0.1, 0.15) is 5.76 Å². The van der Waals surface area contributed by atoms with Crippen LogP contribution < -0.4 is 5.32 Å². The number of nitrogens with one attached hydrogen (secondary N) is 2. The van der Waals surface area contributed by atoms with Crippen molar-refractivity contribution in [2.75, 3.05) is 5.32 Å². The van der Waals surface area contributed by atoms with Crippen LogP contribution in [0.4, 0.5) is 5.69 Å². The van der Waals surface area contributed by atoms with Crippen LogP contribution in [0.1, 0.15) is 30.9 Å². The third kappa shape index (κ3) is 3.37. The van der Waals surface area contributed by atoms with Gasteiger partial charge in [0, 0.05) is 29.4 Å². The lowest BCUT2D eigenvalue weighted by molar-refractivity contribution is -0.115. The van der Waals surface area contributed by atoms with Gasteiger partial charge in [-0.2, -0.15) is 5.10 Å². The number of rotatable bonds is 6. The number of nitrogens with zero attached hydrogens (tertiary/aromatic N) is 2. The Morgan fingerprint density at radius 1 is 1.25 bits per heavy atom. The molecule has 0 unspecified atom stereocenters. The molecule has 0 aliphatic heterocycles. The van der Waals surface area contributed by atoms with E-state index in [1.54, 1.807) is 6.20 Å². The molecule has 0 spiro atoms. The van der Waals surface area contributed by atoms with Crippen LogP contribution in [0.15, 0.2) is 41.2 Å². The summed E-state index contributed by atoms with van der Waals surface area (Å²) in [5, 5.41) is 13.7. The largest absolute Gasteiger partial charge is 0.361 e. The molecule has 2 N–H and O–H groups in total. The number of hydrogen-bond acceptors (Lipinski definition) is 4. The van der Waals surface area contributed by atoms with E-state index in [1.807, 2.05) is 44.3 Å². The topological polar surface area (TPSA) is 83.8 Å². The van der Waals surface area contributed by atoms with Crippen molar-refractivity contribution in [1.82, 2.24) is 15.4 Å². The number of aromatic amines is 1. The quantitative estimate of drug-likeness (QED) is 0.728. The van der Waals surface area contributed by atoms with E-state index in [1.165, 1.54) is 0 Å². The molecular formula is C18H20N4O2. The average molecular weight is 324 g/mol. The van der Waals surface area contributed by atoms with E-state index in [2.05, 4.69) is 20.7 Å². The maximum atomic E-state index is 12.4. The van der Waals surface area contributed by atoms with Crippen molar-refractivity contribution in [2.45, 2.75) is 33.1 Å². The molecule has 2 heterocycles. The van der Waals surface area contributed by atoms with Crippen LogP contribution >= 0.6 is 0 Å². The van der Waals surface area contributed by atoms with Crippen LogP contribution in [0.25, 0.3) is 11.1 Å². The molecule has 0 aliphatic carbocycles. The number of aromatic nitrogens is 3. The highest BCUT2D eigenvalue weighted by Crippen LogP contribution is 2.22. The molecule has 3 rings (SSSR count). The predicted octanol–water partition coefficient (Wildman–Crippen LogP) is 3.37. The fourth-order valence-corrected chi connectivity index (χ4v) is 2.69. The molecule has 0 fully saturated rings. The Kier molecular flexibility index (Phi) is 4.74. The van der Waals surface area contributed by atoms with E-state index < -0.39 is 0 Å². The highest BCUT2D eigenvalue weighted by Gasteiger charge is 2.17. The third-order valence-corrected chi connectivity index (χ3v) is 3.92. The summed E-state index contributed by atoms with van der Waals surface area (Å²) in [4.78, 5) is 12.4. The van der Waals surface area contributed by atoms with Crippen molar-refractivity contribution >= 4 is 11.6 Å². The minimum atomic E-state index is -0.0769. The Balaban J connectivity index is 1.74. The summed E-state index contributed by atoms with van der Waals surface area (Å²) >= 11 is 0. The van der Waals surface area contributed by atoms with Gasteiger partial charge < -0.3 is 9.84 Å². The molecule has 0 bridgehead atoms. The van der Waals surface area contributed by atoms with Gasteiger partial charge in [-0.1, -0.05) is 31.1 Å². The van der Waals surface area contributed by atoms with E-state index in [9.17, 15) is 4.79 Å². The van der Waals surface area contributed by atoms with Gasteiger partial charge in [-0.3, -0.25) is 9.89 Å². The number of hydrogen-bond donors (Lipinski definition) is 2. The summed E-state index contributed by atoms with van der Waals surface area (Å²) < 4.78 is 5.31. The summed E-state index contributed by atoms with van der Waals surface area (Å²) in [7, 11) is 0. The zero-order valence-electron chi connectivity index (χ0n) is 13.8. The van der Waals surface area contributed by atoms with Crippen LogP contribution in [-0.2, 0) is 24.1 Å². The normalized spacial score (nSPS) is 10.8. The summed E-state index contributed by atoms with van der Waals surface area (Å²) in [6, 6.07) is 7.69. The zero-order chi connectivity index (χ0) is 16.9. The Morgan fingerprint density at radius 2 is 2.12 bits per heavy atom. The standard InChI is InChI=1S/C18H20N4O2/c1-3-16-15(17(4-2)24-22-16)9-18(23)21-14-7-5-6-12(8-14)13-10-19-20-11-13/h5-8,10-11H,3-4,9H2,1-2H3,(H,19,20)(H,21,23). The lowest BCUT2D eigenvalue weighted by Crippen LogP contribution is -2.15. The number of benzene rings is 1. The van der Waals surface area contributed by atoms with Gasteiger partial charge in [0.05, 0.1) is 18.3 Å². The molecule has 0 aliphatic rings. The van der Waals surface area contributed by atoms with Gasteiger partial charge in [0.2, 0.25) is 5.91 Å². The van der Waals surface area contributed by atoms with Crippen LogP contribution in [0.3, 0.4) is 0 Å². The highest BCUT2D eigenvalue weighted by molar-refractivity contribution is 5.93. The van der Waals surface area contributed by atoms with E-state index in [0.29, 0.717) is 0 Å². The van der Waals surface area contributed by atoms with Gasteiger partial charge in [-0.25, -0.2) is 0 Å². The minimum Gasteiger partial charge on any atom is -0.361 e. The number of aryl methyl sites for hydroxylation is 2. The third-order valence-electron chi connectivity index (χ3n) is 3.92. The Hall–Kier alpha value is -2.89. The number of H-pyrrole nitrogens is 1. The average Bonchev–Trinajstić information content (AvgIpc) is 3.24. The van der Waals surface area contributed by atoms with E-state index in [4.69, 9.17) is 4.52 Å². The fourth-order valence-electron chi connectivity index (χ4n) is 2.69. The van der Waals surface area contributed by atoms with Crippen LogP contribution in [0, 0.1) is 0 Å². The molecule has 124 valence electrons. The van der Waals surface area contributed by atoms with Gasteiger partial charge >= 0.3 is 0 Å². The first-order valence-corrected chi connectivity index (χ1v) is 8.06. The van der Waals surface area contributed by atoms with Crippen molar-refractivity contribution in [1.29, 1.82) is 0 Å². The van der Waals surface area contributed by atoms with E-state index in [-0.39, 0.29) is 12.3 Å². The Labute approximate surface area is 140 Å². The van der Waals surface area contributed by atoms with E-state index >= 15 is 0 Å². The lowest BCUT2D eigenvalue weighted by Gasteiger charge is -2.07. The highest BCUT2D eigenvalue weighted by atomic mass is 16.5. The van der Waals surface area contributed by atoms with Gasteiger partial charge in [-0.15, -0.1) is 0 Å². The van der Waals surface area contributed by atoms with Crippen LogP contribution in [-0.4, -0.2) is 21.3 Å². The van der Waals surface area contributed by atoms with Gasteiger partial charge in [0.25, 0.3) is 0 Å². The SMILES string of the molecule is CCc1noc(CC)c1CC(=O)Nc1cccc(-c2cn[nH]c2)c1. The number of carbonyl (C=O) groups is 1. The molecule has 3 aromatic rings. The van der Waals surface area contributed by atoms with Crippen molar-refractivity contribution in [3.63, 3.8) is 0 Å². The van der Waals surface area contributed by atoms with Crippen LogP contribution in [0.2, 0.25) is 0 Å². The van der Waals surface area contributed by atoms with Gasteiger partial charge in [0.15, 0.2) is 0 Å². The molecule has 6 nitrogen and oxygen atoms in total. The van der Waals surface area contributed by atoms with Crippen molar-refractivity contribution in [3.05, 3.63) is 53.7 Å². The van der Waals surface area contributed by atoms with E-state index in [0.717, 1.165) is 46.7 Å². The van der Waals surface area contributed by atoms with Crippen molar-refractivity contribution in [2.24, 2.45) is 0 Å². The minimum absolute atomic E-state index is 0.0769. The number of amides is 1. The summed E-state index contributed by atoms with van der Waals surface area (Å²) in [6.07, 6.45) is 5.32. The van der Waals surface area contributed by atoms with Crippen LogP contribution in [0.5, 0.6) is 0 Å². The molecule has 1 amide bonds. The molecule has 2 aromatic heterocycles. The van der Waals surface area contributed by atoms with Gasteiger partial charge in [-0.05, 0) is 24.1 Å². The predicted molar refractivity (Wildman–Crippen MR) is 91.6 cm³/mol. The monoisotopic (exact) mass is 324 g/mol. The second-order valence-electron chi connectivity index (χ2n) is 5.53. The fraction of sp³-hybridized carbons (Fsp3) is 0.278. The molecule has 1 aromatic carbocycles. The molecule has 24 heavy (non-hydrogen) atoms. The molecule has 0 saturated carbocycles. The Morgan fingerprint density at radius 3 is 2.83 bits per heavy atom. The number of carbonyl (C=O) groups excluding carboxylic acids is 1. The second kappa shape index (κ2) is 7.12. The maximum Gasteiger partial charge on any atom is 0.229 e. The molecule has 0 saturated heterocycles. The summed E-state index contributed by atoms with van der Waals surface area (Å²) in [5.41, 5.74) is 4.49. The Bertz CT molecular complexity index is 800. The smallest absolute Gasteiger partial charge is 0.229 e. The first-order valence-electron chi connectivity index (χ1n) is 8.06. The zero-order valence-corrected chi connectivity index (χ0v) is 13.8. The molecular weight excluding hydrogens is 304 g/mol. The summed E-state index contributed by atoms with van der Waals surface area (Å²) in [5.74, 6) is 0.709. The van der Waals surface area contributed by atoms with Crippen molar-refractivity contribution in [3.8, 4) is 11.1 Å². The van der Waals surface area contributed by atoms with Crippen molar-refractivity contribution < 1.29 is 9.32 Å².